The Bertz CT molecular complexity index is 1700. The molecular formula is C27H25N9. The fourth-order valence-electron chi connectivity index (χ4n) is 5.08. The van der Waals surface area contributed by atoms with E-state index in [9.17, 15) is 0 Å². The van der Waals surface area contributed by atoms with E-state index in [0.29, 0.717) is 0 Å². The number of H-pyrrole nitrogens is 2. The molecule has 7 heterocycles. The minimum absolute atomic E-state index is 0.763. The highest BCUT2D eigenvalue weighted by atomic mass is 15.1. The summed E-state index contributed by atoms with van der Waals surface area (Å²) in [5.74, 6) is 0. The number of nitrogens with one attached hydrogen (secondary N) is 2. The smallest absolute Gasteiger partial charge is 0.139 e. The lowest BCUT2D eigenvalue weighted by Gasteiger charge is -2.14. The molecule has 9 heteroatoms. The third kappa shape index (κ3) is 3.64. The monoisotopic (exact) mass is 475 g/mol. The number of likely N-dealkylation sites (tertiary alicyclic amines) is 1. The van der Waals surface area contributed by atoms with E-state index in [4.69, 9.17) is 4.98 Å². The van der Waals surface area contributed by atoms with Gasteiger partial charge in [0.05, 0.1) is 34.6 Å². The van der Waals surface area contributed by atoms with Gasteiger partial charge in [-0.1, -0.05) is 0 Å². The van der Waals surface area contributed by atoms with E-state index in [1.165, 1.54) is 18.4 Å². The van der Waals surface area contributed by atoms with E-state index in [1.54, 1.807) is 6.20 Å². The van der Waals surface area contributed by atoms with Gasteiger partial charge in [-0.3, -0.25) is 15.0 Å². The third-order valence-electron chi connectivity index (χ3n) is 6.86. The normalized spacial score (nSPS) is 14.4. The predicted molar refractivity (Wildman–Crippen MR) is 139 cm³/mol. The van der Waals surface area contributed by atoms with Crippen LogP contribution in [-0.2, 0) is 6.54 Å². The highest BCUT2D eigenvalue weighted by Crippen LogP contribution is 2.31. The summed E-state index contributed by atoms with van der Waals surface area (Å²) in [5, 5.41) is 8.73. The molecule has 0 bridgehead atoms. The van der Waals surface area contributed by atoms with Crippen LogP contribution in [0.15, 0.2) is 61.4 Å². The molecule has 1 saturated heterocycles. The van der Waals surface area contributed by atoms with Gasteiger partial charge in [0.1, 0.15) is 16.9 Å². The van der Waals surface area contributed by atoms with Gasteiger partial charge in [0, 0.05) is 42.3 Å². The molecule has 1 aliphatic heterocycles. The molecule has 1 aliphatic rings. The van der Waals surface area contributed by atoms with Crippen molar-refractivity contribution in [2.75, 3.05) is 13.1 Å². The van der Waals surface area contributed by atoms with Crippen molar-refractivity contribution in [3.63, 3.8) is 0 Å². The molecule has 6 aromatic rings. The summed E-state index contributed by atoms with van der Waals surface area (Å²) >= 11 is 0. The van der Waals surface area contributed by atoms with E-state index in [0.717, 1.165) is 75.7 Å². The number of rotatable bonds is 5. The molecule has 7 rings (SSSR count). The third-order valence-corrected chi connectivity index (χ3v) is 6.86. The fourth-order valence-corrected chi connectivity index (χ4v) is 5.08. The number of imidazole rings is 1. The average Bonchev–Trinajstić information content (AvgIpc) is 3.70. The SMILES string of the molecule is Cc1cn(-c2ccnc3[nH]c(-c4n[nH]c5ccc(-c6cncc(CN7CCCC7)c6)nc45)cc23)cn1. The summed E-state index contributed by atoms with van der Waals surface area (Å²) in [6.45, 7) is 5.23. The summed E-state index contributed by atoms with van der Waals surface area (Å²) in [6, 6.07) is 10.3. The van der Waals surface area contributed by atoms with E-state index in [2.05, 4.69) is 47.2 Å². The van der Waals surface area contributed by atoms with E-state index < -0.39 is 0 Å². The van der Waals surface area contributed by atoms with Crippen LogP contribution in [0.5, 0.6) is 0 Å². The Labute approximate surface area is 207 Å². The molecule has 2 N–H and O–H groups in total. The maximum absolute atomic E-state index is 5.01. The summed E-state index contributed by atoms with van der Waals surface area (Å²) < 4.78 is 2.01. The molecule has 9 nitrogen and oxygen atoms in total. The molecule has 6 aromatic heterocycles. The molecule has 0 radical (unpaired) electrons. The van der Waals surface area contributed by atoms with Crippen LogP contribution in [-0.4, -0.2) is 57.7 Å². The van der Waals surface area contributed by atoms with E-state index in [1.807, 2.05) is 54.6 Å². The molecule has 0 aromatic carbocycles. The van der Waals surface area contributed by atoms with Gasteiger partial charge in [0.2, 0.25) is 0 Å². The van der Waals surface area contributed by atoms with Crippen molar-refractivity contribution < 1.29 is 0 Å². The van der Waals surface area contributed by atoms with Crippen molar-refractivity contribution in [1.29, 1.82) is 0 Å². The molecule has 0 amide bonds. The zero-order valence-corrected chi connectivity index (χ0v) is 19.9. The lowest BCUT2D eigenvalue weighted by Crippen LogP contribution is -2.18. The van der Waals surface area contributed by atoms with Gasteiger partial charge in [0.25, 0.3) is 0 Å². The van der Waals surface area contributed by atoms with Gasteiger partial charge in [-0.25, -0.2) is 15.0 Å². The van der Waals surface area contributed by atoms with Crippen LogP contribution in [0, 0.1) is 6.92 Å². The first-order valence-electron chi connectivity index (χ1n) is 12.2. The fraction of sp³-hybridized carbons (Fsp3) is 0.222. The van der Waals surface area contributed by atoms with Gasteiger partial charge in [0.15, 0.2) is 0 Å². The molecule has 0 saturated carbocycles. The summed E-state index contributed by atoms with van der Waals surface area (Å²) in [6.07, 6.45) is 12.0. The molecule has 1 fully saturated rings. The zero-order chi connectivity index (χ0) is 24.1. The molecule has 0 atom stereocenters. The van der Waals surface area contributed by atoms with Crippen LogP contribution in [0.1, 0.15) is 24.1 Å². The number of hydrogen-bond acceptors (Lipinski definition) is 6. The first-order chi connectivity index (χ1) is 17.7. The van der Waals surface area contributed by atoms with Crippen molar-refractivity contribution >= 4 is 22.1 Å². The number of aromatic nitrogens is 8. The van der Waals surface area contributed by atoms with Crippen LogP contribution >= 0.6 is 0 Å². The topological polar surface area (TPSA) is 104 Å². The number of nitrogens with zero attached hydrogens (tertiary/aromatic N) is 7. The Morgan fingerprint density at radius 2 is 1.94 bits per heavy atom. The van der Waals surface area contributed by atoms with Gasteiger partial charge in [-0.2, -0.15) is 5.10 Å². The zero-order valence-electron chi connectivity index (χ0n) is 19.9. The highest BCUT2D eigenvalue weighted by molar-refractivity contribution is 5.95. The Balaban J connectivity index is 1.28. The van der Waals surface area contributed by atoms with Gasteiger partial charge < -0.3 is 9.55 Å². The van der Waals surface area contributed by atoms with Crippen LogP contribution in [0.25, 0.3) is 50.4 Å². The first-order valence-corrected chi connectivity index (χ1v) is 12.2. The Morgan fingerprint density at radius 3 is 2.81 bits per heavy atom. The summed E-state index contributed by atoms with van der Waals surface area (Å²) in [7, 11) is 0. The number of fused-ring (bicyclic) bond motifs is 2. The standard InChI is InChI=1S/C27H25N9/c1-17-14-36(16-30-17)24-6-7-29-27-20(24)11-23(32-27)26-25-22(33-34-26)5-4-21(31-25)19-10-18(12-28-13-19)15-35-8-2-3-9-35/h4-7,10-14,16H,2-3,8-9,15H2,1H3,(H,29,32)(H,33,34). The molecular weight excluding hydrogens is 450 g/mol. The number of hydrogen-bond donors (Lipinski definition) is 2. The van der Waals surface area contributed by atoms with Crippen molar-refractivity contribution in [2.45, 2.75) is 26.3 Å². The van der Waals surface area contributed by atoms with Crippen molar-refractivity contribution in [1.82, 2.24) is 44.6 Å². The summed E-state index contributed by atoms with van der Waals surface area (Å²) in [5.41, 5.74) is 9.19. The second-order valence-electron chi connectivity index (χ2n) is 9.43. The Morgan fingerprint density at radius 1 is 1.03 bits per heavy atom. The van der Waals surface area contributed by atoms with Crippen LogP contribution in [0.2, 0.25) is 0 Å². The van der Waals surface area contributed by atoms with E-state index in [-0.39, 0.29) is 0 Å². The average molecular weight is 476 g/mol. The minimum Gasteiger partial charge on any atom is -0.338 e. The van der Waals surface area contributed by atoms with Gasteiger partial charge >= 0.3 is 0 Å². The maximum Gasteiger partial charge on any atom is 0.139 e. The second-order valence-corrected chi connectivity index (χ2v) is 9.43. The Kier molecular flexibility index (Phi) is 4.88. The number of aromatic amines is 2. The molecule has 0 aliphatic carbocycles. The maximum atomic E-state index is 5.01. The van der Waals surface area contributed by atoms with Crippen LogP contribution in [0.3, 0.4) is 0 Å². The number of aryl methyl sites for hydroxylation is 1. The van der Waals surface area contributed by atoms with Crippen molar-refractivity contribution in [3.05, 3.63) is 72.7 Å². The minimum atomic E-state index is 0.763. The van der Waals surface area contributed by atoms with Gasteiger partial charge in [-0.05, 0) is 68.8 Å². The highest BCUT2D eigenvalue weighted by Gasteiger charge is 2.17. The quantitative estimate of drug-likeness (QED) is 0.376. The molecule has 178 valence electrons. The van der Waals surface area contributed by atoms with E-state index >= 15 is 0 Å². The summed E-state index contributed by atoms with van der Waals surface area (Å²) in [4.78, 5) is 24.3. The largest absolute Gasteiger partial charge is 0.338 e. The van der Waals surface area contributed by atoms with Crippen LogP contribution in [0.4, 0.5) is 0 Å². The second kappa shape index (κ2) is 8.39. The van der Waals surface area contributed by atoms with Gasteiger partial charge in [-0.15, -0.1) is 0 Å². The Hall–Kier alpha value is -4.37. The van der Waals surface area contributed by atoms with Crippen molar-refractivity contribution in [3.8, 4) is 28.3 Å². The lowest BCUT2D eigenvalue weighted by atomic mass is 10.1. The molecule has 0 spiro atoms. The molecule has 0 unspecified atom stereocenters. The first kappa shape index (κ1) is 21.0. The lowest BCUT2D eigenvalue weighted by molar-refractivity contribution is 0.331. The molecule has 36 heavy (non-hydrogen) atoms. The van der Waals surface area contributed by atoms with Crippen molar-refractivity contribution in [2.24, 2.45) is 0 Å². The predicted octanol–water partition coefficient (Wildman–Crippen LogP) is 4.65. The number of pyridine rings is 3. The van der Waals surface area contributed by atoms with Crippen LogP contribution < -0.4 is 0 Å².